The normalized spacial score (nSPS) is 25.1. The molecule has 1 aliphatic heterocycles. The number of carbonyl (C=O) groups is 3. The summed E-state index contributed by atoms with van der Waals surface area (Å²) in [6.07, 6.45) is 0.594. The molecule has 2 aromatic rings. The Hall–Kier alpha value is -3.39. The van der Waals surface area contributed by atoms with Crippen LogP contribution in [0.25, 0.3) is 11.1 Å². The third-order valence-electron chi connectivity index (χ3n) is 7.04. The second-order valence-corrected chi connectivity index (χ2v) is 9.30. The third-order valence-corrected chi connectivity index (χ3v) is 7.04. The summed E-state index contributed by atoms with van der Waals surface area (Å²) >= 11 is 0. The van der Waals surface area contributed by atoms with E-state index in [0.717, 1.165) is 22.3 Å². The van der Waals surface area contributed by atoms with Gasteiger partial charge in [0, 0.05) is 25.0 Å². The Morgan fingerprint density at radius 3 is 2.26 bits per heavy atom. The second kappa shape index (κ2) is 9.46. The maximum atomic E-state index is 12.7. The van der Waals surface area contributed by atoms with Gasteiger partial charge in [0.05, 0.1) is 6.04 Å². The first-order valence-electron chi connectivity index (χ1n) is 11.7. The van der Waals surface area contributed by atoms with E-state index in [0.29, 0.717) is 25.9 Å². The molecular formula is C26H28N2O6. The molecule has 1 saturated carbocycles. The molecule has 0 bridgehead atoms. The van der Waals surface area contributed by atoms with E-state index in [1.165, 1.54) is 0 Å². The molecule has 1 saturated heterocycles. The number of ether oxygens (including phenoxy) is 2. The van der Waals surface area contributed by atoms with E-state index in [1.54, 1.807) is 0 Å². The minimum atomic E-state index is -0.818. The first-order chi connectivity index (χ1) is 16.5. The number of carbonyl (C=O) groups excluding carboxylic acids is 2. The molecule has 3 aliphatic rings. The number of alkyl carbamates (subject to hydrolysis) is 1. The van der Waals surface area contributed by atoms with Gasteiger partial charge in [0.15, 0.2) is 6.10 Å². The summed E-state index contributed by atoms with van der Waals surface area (Å²) in [6, 6.07) is 15.8. The molecule has 0 unspecified atom stereocenters. The summed E-state index contributed by atoms with van der Waals surface area (Å²) in [6.45, 7) is 0.579. The van der Waals surface area contributed by atoms with E-state index in [-0.39, 0.29) is 36.8 Å². The highest BCUT2D eigenvalue weighted by atomic mass is 16.6. The highest BCUT2D eigenvalue weighted by molar-refractivity contribution is 5.83. The van der Waals surface area contributed by atoms with Crippen LogP contribution in [0.2, 0.25) is 0 Å². The van der Waals surface area contributed by atoms with E-state index in [2.05, 4.69) is 34.9 Å². The maximum absolute atomic E-state index is 12.7. The first-order valence-corrected chi connectivity index (χ1v) is 11.7. The summed E-state index contributed by atoms with van der Waals surface area (Å²) in [5.74, 6) is -1.03. The third kappa shape index (κ3) is 4.50. The lowest BCUT2D eigenvalue weighted by atomic mass is 9.78. The van der Waals surface area contributed by atoms with Crippen LogP contribution in [0.5, 0.6) is 0 Å². The van der Waals surface area contributed by atoms with Gasteiger partial charge in [0.25, 0.3) is 5.91 Å². The van der Waals surface area contributed by atoms with E-state index in [9.17, 15) is 14.4 Å². The topological polar surface area (TPSA) is 114 Å². The van der Waals surface area contributed by atoms with Gasteiger partial charge in [-0.2, -0.15) is 0 Å². The summed E-state index contributed by atoms with van der Waals surface area (Å²) in [5, 5.41) is 14.6. The van der Waals surface area contributed by atoms with E-state index < -0.39 is 24.2 Å². The van der Waals surface area contributed by atoms with Crippen molar-refractivity contribution in [2.75, 3.05) is 13.2 Å². The molecule has 0 spiro atoms. The summed E-state index contributed by atoms with van der Waals surface area (Å²) in [5.41, 5.74) is 4.60. The Labute approximate surface area is 197 Å². The number of rotatable bonds is 7. The van der Waals surface area contributed by atoms with Crippen molar-refractivity contribution >= 4 is 18.0 Å². The molecule has 2 amide bonds. The van der Waals surface area contributed by atoms with E-state index in [4.69, 9.17) is 14.6 Å². The van der Waals surface area contributed by atoms with Crippen LogP contribution < -0.4 is 10.6 Å². The molecule has 34 heavy (non-hydrogen) atoms. The van der Waals surface area contributed by atoms with Gasteiger partial charge in [-0.05, 0) is 47.4 Å². The van der Waals surface area contributed by atoms with Crippen molar-refractivity contribution < 1.29 is 29.0 Å². The van der Waals surface area contributed by atoms with Crippen LogP contribution in [-0.2, 0) is 19.1 Å². The minimum absolute atomic E-state index is 0.0329. The number of amides is 2. The zero-order valence-corrected chi connectivity index (χ0v) is 18.7. The summed E-state index contributed by atoms with van der Waals surface area (Å²) in [7, 11) is 0. The molecule has 178 valence electrons. The summed E-state index contributed by atoms with van der Waals surface area (Å²) in [4.78, 5) is 36.1. The fourth-order valence-electron chi connectivity index (χ4n) is 5.34. The van der Waals surface area contributed by atoms with Crippen LogP contribution in [0.1, 0.15) is 42.7 Å². The smallest absolute Gasteiger partial charge is 0.407 e. The Bertz CT molecular complexity index is 1050. The number of carboxylic acids is 1. The zero-order chi connectivity index (χ0) is 23.7. The zero-order valence-electron chi connectivity index (χ0n) is 18.7. The number of carboxylic acid groups (broad SMARTS) is 1. The average molecular weight is 465 g/mol. The van der Waals surface area contributed by atoms with Gasteiger partial charge in [-0.1, -0.05) is 48.5 Å². The second-order valence-electron chi connectivity index (χ2n) is 9.30. The van der Waals surface area contributed by atoms with Crippen molar-refractivity contribution in [2.24, 2.45) is 5.92 Å². The molecule has 5 rings (SSSR count). The predicted molar refractivity (Wildman–Crippen MR) is 123 cm³/mol. The van der Waals surface area contributed by atoms with Crippen LogP contribution in [0.15, 0.2) is 48.5 Å². The Balaban J connectivity index is 1.14. The van der Waals surface area contributed by atoms with E-state index >= 15 is 0 Å². The van der Waals surface area contributed by atoms with Gasteiger partial charge in [-0.15, -0.1) is 0 Å². The van der Waals surface area contributed by atoms with Crippen LogP contribution in [0.4, 0.5) is 4.79 Å². The fraction of sp³-hybridized carbons (Fsp3) is 0.423. The van der Waals surface area contributed by atoms with Gasteiger partial charge in [-0.3, -0.25) is 9.59 Å². The predicted octanol–water partition coefficient (Wildman–Crippen LogP) is 3.05. The number of nitrogens with one attached hydrogen (secondary N) is 2. The van der Waals surface area contributed by atoms with Gasteiger partial charge in [0.1, 0.15) is 6.61 Å². The Kier molecular flexibility index (Phi) is 6.24. The Morgan fingerprint density at radius 2 is 1.62 bits per heavy atom. The van der Waals surface area contributed by atoms with Crippen LogP contribution in [0, 0.1) is 5.92 Å². The van der Waals surface area contributed by atoms with Crippen molar-refractivity contribution in [3.63, 3.8) is 0 Å². The number of aliphatic carboxylic acids is 1. The van der Waals surface area contributed by atoms with Crippen molar-refractivity contribution in [2.45, 2.75) is 49.8 Å². The van der Waals surface area contributed by atoms with Crippen molar-refractivity contribution in [3.8, 4) is 11.1 Å². The number of benzene rings is 2. The average Bonchev–Trinajstić information content (AvgIpc) is 3.38. The van der Waals surface area contributed by atoms with Gasteiger partial charge < -0.3 is 25.2 Å². The number of hydrogen-bond acceptors (Lipinski definition) is 5. The molecule has 1 heterocycles. The molecule has 2 atom stereocenters. The van der Waals surface area contributed by atoms with Gasteiger partial charge >= 0.3 is 12.1 Å². The highest BCUT2D eigenvalue weighted by Gasteiger charge is 2.39. The van der Waals surface area contributed by atoms with Crippen molar-refractivity contribution in [1.29, 1.82) is 0 Å². The lowest BCUT2D eigenvalue weighted by Crippen LogP contribution is -2.53. The molecule has 0 aromatic heterocycles. The summed E-state index contributed by atoms with van der Waals surface area (Å²) < 4.78 is 11.2. The standard InChI is InChI=1S/C26H28N2O6/c29-23(30)13-15-11-16(12-15)27-25(31)24-22(9-10-33-24)28-26(32)34-14-21-19-7-3-1-5-17(19)18-6-2-4-8-20(18)21/h1-8,15-16,21-22,24H,9-14H2,(H,27,31)(H,28,32)(H,29,30)/t15?,16?,22-,24+/m1/s1. The van der Waals surface area contributed by atoms with Gasteiger partial charge in [0.2, 0.25) is 0 Å². The number of fused-ring (bicyclic) bond motifs is 3. The molecule has 2 aliphatic carbocycles. The van der Waals surface area contributed by atoms with Crippen molar-refractivity contribution in [3.05, 3.63) is 59.7 Å². The largest absolute Gasteiger partial charge is 0.481 e. The quantitative estimate of drug-likeness (QED) is 0.580. The Morgan fingerprint density at radius 1 is 0.971 bits per heavy atom. The lowest BCUT2D eigenvalue weighted by Gasteiger charge is -2.35. The molecule has 3 N–H and O–H groups in total. The van der Waals surface area contributed by atoms with Crippen LogP contribution in [-0.4, -0.2) is 54.5 Å². The molecule has 0 radical (unpaired) electrons. The first kappa shape index (κ1) is 22.4. The molecular weight excluding hydrogens is 436 g/mol. The maximum Gasteiger partial charge on any atom is 0.407 e. The lowest BCUT2D eigenvalue weighted by molar-refractivity contribution is -0.139. The van der Waals surface area contributed by atoms with Crippen LogP contribution in [0.3, 0.4) is 0 Å². The molecule has 8 nitrogen and oxygen atoms in total. The van der Waals surface area contributed by atoms with E-state index in [1.807, 2.05) is 24.3 Å². The minimum Gasteiger partial charge on any atom is -0.481 e. The monoisotopic (exact) mass is 464 g/mol. The van der Waals surface area contributed by atoms with Crippen LogP contribution >= 0.6 is 0 Å². The molecule has 2 fully saturated rings. The van der Waals surface area contributed by atoms with Crippen molar-refractivity contribution in [1.82, 2.24) is 10.6 Å². The molecule has 8 heteroatoms. The number of hydrogen-bond donors (Lipinski definition) is 3. The fourth-order valence-corrected chi connectivity index (χ4v) is 5.34. The highest BCUT2D eigenvalue weighted by Crippen LogP contribution is 2.44. The molecule has 2 aromatic carbocycles. The SMILES string of the molecule is O=C(O)CC1CC(NC(=O)[C@H]2OCC[C@H]2NC(=O)OCC2c3ccccc3-c3ccccc32)C1. The van der Waals surface area contributed by atoms with Gasteiger partial charge in [-0.25, -0.2) is 4.79 Å².